The summed E-state index contributed by atoms with van der Waals surface area (Å²) >= 11 is 3.44. The van der Waals surface area contributed by atoms with Crippen molar-refractivity contribution < 1.29 is 0 Å². The number of nitrogens with zero attached hydrogens (tertiary/aromatic N) is 1. The predicted octanol–water partition coefficient (Wildman–Crippen LogP) is 3.62. The van der Waals surface area contributed by atoms with E-state index in [0.29, 0.717) is 0 Å². The van der Waals surface area contributed by atoms with Crippen molar-refractivity contribution in [3.05, 3.63) is 28.4 Å². The number of fused-ring (bicyclic) bond motifs is 1. The predicted molar refractivity (Wildman–Crippen MR) is 62.5 cm³/mol. The molecule has 1 N–H and O–H groups in total. The second kappa shape index (κ2) is 3.09. The molecule has 0 saturated carbocycles. The molecule has 3 heteroatoms. The van der Waals surface area contributed by atoms with Crippen molar-refractivity contribution in [2.45, 2.75) is 26.2 Å². The normalized spacial score (nSPS) is 12.3. The van der Waals surface area contributed by atoms with E-state index < -0.39 is 0 Å². The van der Waals surface area contributed by atoms with Crippen molar-refractivity contribution in [3.8, 4) is 0 Å². The number of halogens is 1. The van der Waals surface area contributed by atoms with E-state index in [1.165, 1.54) is 11.1 Å². The zero-order valence-electron chi connectivity index (χ0n) is 8.56. The molecule has 1 heterocycles. The van der Waals surface area contributed by atoms with Gasteiger partial charge in [-0.2, -0.15) is 5.10 Å². The van der Waals surface area contributed by atoms with Gasteiger partial charge in [-0.1, -0.05) is 36.7 Å². The Morgan fingerprint density at radius 1 is 1.29 bits per heavy atom. The molecular formula is C11H13BrN2. The van der Waals surface area contributed by atoms with Crippen LogP contribution >= 0.6 is 15.9 Å². The summed E-state index contributed by atoms with van der Waals surface area (Å²) in [6, 6.07) is 6.18. The highest BCUT2D eigenvalue weighted by molar-refractivity contribution is 9.10. The number of hydrogen-bond acceptors (Lipinski definition) is 1. The Balaban J connectivity index is 2.70. The fourth-order valence-corrected chi connectivity index (χ4v) is 1.91. The molecular weight excluding hydrogens is 240 g/mol. The molecule has 0 unspecified atom stereocenters. The Kier molecular flexibility index (Phi) is 2.14. The van der Waals surface area contributed by atoms with E-state index in [1.807, 2.05) is 12.1 Å². The molecule has 0 bridgehead atoms. The Morgan fingerprint density at radius 3 is 2.64 bits per heavy atom. The molecule has 1 aromatic heterocycles. The zero-order chi connectivity index (χ0) is 10.3. The molecule has 74 valence electrons. The highest BCUT2D eigenvalue weighted by Gasteiger charge is 2.19. The second-order valence-corrected chi connectivity index (χ2v) is 5.43. The maximum atomic E-state index is 4.29. The molecule has 0 spiro atoms. The zero-order valence-corrected chi connectivity index (χ0v) is 10.1. The van der Waals surface area contributed by atoms with Gasteiger partial charge in [0.2, 0.25) is 0 Å². The average Bonchev–Trinajstić information content (AvgIpc) is 2.45. The first-order chi connectivity index (χ1) is 6.48. The minimum atomic E-state index is 0.114. The molecule has 2 nitrogen and oxygen atoms in total. The molecule has 0 aliphatic heterocycles. The number of benzene rings is 1. The summed E-state index contributed by atoms with van der Waals surface area (Å²) in [4.78, 5) is 0. The van der Waals surface area contributed by atoms with Crippen LogP contribution in [0.4, 0.5) is 0 Å². The van der Waals surface area contributed by atoms with Gasteiger partial charge in [-0.3, -0.25) is 5.10 Å². The quantitative estimate of drug-likeness (QED) is 0.763. The minimum absolute atomic E-state index is 0.114. The van der Waals surface area contributed by atoms with Crippen molar-refractivity contribution in [1.82, 2.24) is 10.2 Å². The molecule has 0 atom stereocenters. The monoisotopic (exact) mass is 252 g/mol. The van der Waals surface area contributed by atoms with E-state index in [4.69, 9.17) is 0 Å². The lowest BCUT2D eigenvalue weighted by Gasteiger charge is -2.16. The van der Waals surface area contributed by atoms with Crippen molar-refractivity contribution in [3.63, 3.8) is 0 Å². The number of H-pyrrole nitrogens is 1. The van der Waals surface area contributed by atoms with Crippen molar-refractivity contribution in [2.24, 2.45) is 0 Å². The summed E-state index contributed by atoms with van der Waals surface area (Å²) in [5, 5.41) is 8.61. The second-order valence-electron chi connectivity index (χ2n) is 4.51. The molecule has 0 aliphatic carbocycles. The Bertz CT molecular complexity index is 466. The Labute approximate surface area is 91.8 Å². The van der Waals surface area contributed by atoms with Crippen LogP contribution in [0.25, 0.3) is 10.9 Å². The van der Waals surface area contributed by atoms with Gasteiger partial charge in [0.1, 0.15) is 0 Å². The SMILES string of the molecule is CC(C)(C)c1[nH]nc2cc(Br)ccc12. The van der Waals surface area contributed by atoms with E-state index >= 15 is 0 Å². The van der Waals surface area contributed by atoms with Gasteiger partial charge in [0.05, 0.1) is 5.52 Å². The molecule has 1 aromatic carbocycles. The standard InChI is InChI=1S/C11H13BrN2/c1-11(2,3)10-8-5-4-7(12)6-9(8)13-14-10/h4-6H,1-3H3,(H,13,14). The van der Waals surface area contributed by atoms with Crippen LogP contribution in [0.1, 0.15) is 26.5 Å². The van der Waals surface area contributed by atoms with Gasteiger partial charge < -0.3 is 0 Å². The maximum absolute atomic E-state index is 4.29. The molecule has 2 rings (SSSR count). The molecule has 0 saturated heterocycles. The molecule has 0 radical (unpaired) electrons. The van der Waals surface area contributed by atoms with E-state index in [-0.39, 0.29) is 5.41 Å². The molecule has 0 amide bonds. The van der Waals surface area contributed by atoms with Crippen molar-refractivity contribution in [2.75, 3.05) is 0 Å². The van der Waals surface area contributed by atoms with Gasteiger partial charge in [-0.15, -0.1) is 0 Å². The molecule has 2 aromatic rings. The summed E-state index contributed by atoms with van der Waals surface area (Å²) < 4.78 is 1.07. The number of aromatic nitrogens is 2. The van der Waals surface area contributed by atoms with Crippen LogP contribution in [0.15, 0.2) is 22.7 Å². The smallest absolute Gasteiger partial charge is 0.0935 e. The van der Waals surface area contributed by atoms with Crippen LogP contribution in [0, 0.1) is 0 Å². The lowest BCUT2D eigenvalue weighted by molar-refractivity contribution is 0.571. The van der Waals surface area contributed by atoms with E-state index in [9.17, 15) is 0 Å². The highest BCUT2D eigenvalue weighted by Crippen LogP contribution is 2.28. The van der Waals surface area contributed by atoms with Crippen molar-refractivity contribution in [1.29, 1.82) is 0 Å². The van der Waals surface area contributed by atoms with Crippen LogP contribution in [0.5, 0.6) is 0 Å². The number of aromatic amines is 1. The molecule has 0 fully saturated rings. The third-order valence-corrected chi connectivity index (χ3v) is 2.76. The average molecular weight is 253 g/mol. The molecule has 0 aliphatic rings. The first-order valence-electron chi connectivity index (χ1n) is 4.62. The number of hydrogen-bond donors (Lipinski definition) is 1. The highest BCUT2D eigenvalue weighted by atomic mass is 79.9. The maximum Gasteiger partial charge on any atom is 0.0935 e. The van der Waals surface area contributed by atoms with E-state index in [0.717, 1.165) is 9.99 Å². The third kappa shape index (κ3) is 1.57. The Morgan fingerprint density at radius 2 is 2.00 bits per heavy atom. The van der Waals surface area contributed by atoms with Gasteiger partial charge in [0.25, 0.3) is 0 Å². The van der Waals surface area contributed by atoms with Gasteiger partial charge in [0, 0.05) is 21.0 Å². The van der Waals surface area contributed by atoms with E-state index in [1.54, 1.807) is 0 Å². The lowest BCUT2D eigenvalue weighted by atomic mass is 9.90. The number of nitrogens with one attached hydrogen (secondary N) is 1. The van der Waals surface area contributed by atoms with E-state index in [2.05, 4.69) is 53.0 Å². The van der Waals surface area contributed by atoms with Gasteiger partial charge in [-0.05, 0) is 18.2 Å². The first kappa shape index (κ1) is 9.71. The van der Waals surface area contributed by atoms with Gasteiger partial charge in [-0.25, -0.2) is 0 Å². The Hall–Kier alpha value is -0.830. The third-order valence-electron chi connectivity index (χ3n) is 2.27. The summed E-state index contributed by atoms with van der Waals surface area (Å²) in [5.41, 5.74) is 2.33. The largest absolute Gasteiger partial charge is 0.281 e. The summed E-state index contributed by atoms with van der Waals surface area (Å²) in [6.07, 6.45) is 0. The minimum Gasteiger partial charge on any atom is -0.281 e. The van der Waals surface area contributed by atoms with Crippen LogP contribution in [0.3, 0.4) is 0 Å². The fourth-order valence-electron chi connectivity index (χ4n) is 1.56. The van der Waals surface area contributed by atoms with Crippen molar-refractivity contribution >= 4 is 26.8 Å². The van der Waals surface area contributed by atoms with Crippen LogP contribution in [0.2, 0.25) is 0 Å². The molecule has 14 heavy (non-hydrogen) atoms. The lowest BCUT2D eigenvalue weighted by Crippen LogP contribution is -2.11. The van der Waals surface area contributed by atoms with Gasteiger partial charge >= 0.3 is 0 Å². The number of rotatable bonds is 0. The summed E-state index contributed by atoms with van der Waals surface area (Å²) in [5.74, 6) is 0. The first-order valence-corrected chi connectivity index (χ1v) is 5.42. The van der Waals surface area contributed by atoms with Gasteiger partial charge in [0.15, 0.2) is 0 Å². The fraction of sp³-hybridized carbons (Fsp3) is 0.364. The van der Waals surface area contributed by atoms with Crippen LogP contribution < -0.4 is 0 Å². The van der Waals surface area contributed by atoms with Crippen LogP contribution in [-0.2, 0) is 5.41 Å². The topological polar surface area (TPSA) is 28.7 Å². The summed E-state index contributed by atoms with van der Waals surface area (Å²) in [7, 11) is 0. The van der Waals surface area contributed by atoms with Crippen LogP contribution in [-0.4, -0.2) is 10.2 Å². The summed E-state index contributed by atoms with van der Waals surface area (Å²) in [6.45, 7) is 6.55.